The van der Waals surface area contributed by atoms with Crippen molar-refractivity contribution in [2.24, 2.45) is 5.92 Å². The number of carbonyl (C=O) groups is 3. The van der Waals surface area contributed by atoms with Gasteiger partial charge in [0.25, 0.3) is 5.91 Å². The van der Waals surface area contributed by atoms with Crippen LogP contribution in [-0.4, -0.2) is 57.6 Å². The first-order chi connectivity index (χ1) is 15.3. The van der Waals surface area contributed by atoms with Crippen LogP contribution in [0, 0.1) is 5.92 Å². The van der Waals surface area contributed by atoms with Crippen molar-refractivity contribution in [2.45, 2.75) is 81.2 Å². The summed E-state index contributed by atoms with van der Waals surface area (Å²) < 4.78 is 10.8. The van der Waals surface area contributed by atoms with Crippen LogP contribution in [-0.2, 0) is 19.1 Å². The molecule has 1 saturated carbocycles. The molecule has 7 nitrogen and oxygen atoms in total. The Kier molecular flexibility index (Phi) is 6.70. The maximum atomic E-state index is 12.9. The SMILES string of the molecule is CC(Oc1ccccc1)C(=O)N[C@@H]1C(=O)N2C(C(=O)OCC3CCCCC3)C(C)(C)S[C@H]12. The predicted molar refractivity (Wildman–Crippen MR) is 122 cm³/mol. The van der Waals surface area contributed by atoms with E-state index in [0.29, 0.717) is 18.3 Å². The third-order valence-electron chi connectivity index (χ3n) is 6.57. The number of hydrogen-bond donors (Lipinski definition) is 1. The Bertz CT molecular complexity index is 855. The largest absolute Gasteiger partial charge is 0.481 e. The van der Waals surface area contributed by atoms with E-state index in [1.54, 1.807) is 24.0 Å². The van der Waals surface area contributed by atoms with Gasteiger partial charge in [-0.05, 0) is 51.7 Å². The summed E-state index contributed by atoms with van der Waals surface area (Å²) in [5, 5.41) is 2.53. The normalized spacial score (nSPS) is 27.8. The summed E-state index contributed by atoms with van der Waals surface area (Å²) >= 11 is 1.53. The van der Waals surface area contributed by atoms with E-state index in [-0.39, 0.29) is 23.2 Å². The number of para-hydroxylation sites is 1. The molecule has 3 aliphatic rings. The number of amides is 2. The second kappa shape index (κ2) is 9.33. The van der Waals surface area contributed by atoms with Crippen molar-refractivity contribution in [3.8, 4) is 5.75 Å². The molecule has 2 saturated heterocycles. The van der Waals surface area contributed by atoms with Crippen molar-refractivity contribution in [1.29, 1.82) is 0 Å². The van der Waals surface area contributed by atoms with Crippen molar-refractivity contribution in [1.82, 2.24) is 10.2 Å². The second-order valence-electron chi connectivity index (χ2n) is 9.45. The van der Waals surface area contributed by atoms with Crippen molar-refractivity contribution >= 4 is 29.5 Å². The minimum Gasteiger partial charge on any atom is -0.481 e. The van der Waals surface area contributed by atoms with E-state index >= 15 is 0 Å². The Morgan fingerprint density at radius 3 is 2.56 bits per heavy atom. The van der Waals surface area contributed by atoms with Crippen LogP contribution < -0.4 is 10.1 Å². The molecule has 2 aliphatic heterocycles. The fourth-order valence-electron chi connectivity index (χ4n) is 4.79. The smallest absolute Gasteiger partial charge is 0.330 e. The highest BCUT2D eigenvalue weighted by atomic mass is 32.2. The first-order valence-corrected chi connectivity index (χ1v) is 12.3. The van der Waals surface area contributed by atoms with Gasteiger partial charge in [-0.15, -0.1) is 11.8 Å². The molecular formula is C24H32N2O5S. The van der Waals surface area contributed by atoms with Crippen LogP contribution in [0.5, 0.6) is 5.75 Å². The highest BCUT2D eigenvalue weighted by Crippen LogP contribution is 2.51. The number of esters is 1. The van der Waals surface area contributed by atoms with E-state index in [4.69, 9.17) is 9.47 Å². The van der Waals surface area contributed by atoms with Gasteiger partial charge >= 0.3 is 5.97 Å². The number of rotatable bonds is 7. The van der Waals surface area contributed by atoms with Gasteiger partial charge in [0.1, 0.15) is 23.2 Å². The lowest BCUT2D eigenvalue weighted by Gasteiger charge is -2.44. The Morgan fingerprint density at radius 1 is 1.19 bits per heavy atom. The van der Waals surface area contributed by atoms with Gasteiger partial charge < -0.3 is 19.7 Å². The minimum absolute atomic E-state index is 0.243. The van der Waals surface area contributed by atoms with Crippen molar-refractivity contribution in [2.75, 3.05) is 6.61 Å². The molecule has 0 spiro atoms. The number of ether oxygens (including phenoxy) is 2. The number of hydrogen-bond acceptors (Lipinski definition) is 6. The fraction of sp³-hybridized carbons (Fsp3) is 0.625. The molecule has 4 rings (SSSR count). The number of benzene rings is 1. The van der Waals surface area contributed by atoms with Crippen LogP contribution >= 0.6 is 11.8 Å². The van der Waals surface area contributed by atoms with Crippen LogP contribution in [0.3, 0.4) is 0 Å². The van der Waals surface area contributed by atoms with E-state index in [1.165, 1.54) is 31.0 Å². The number of fused-ring (bicyclic) bond motifs is 1. The van der Waals surface area contributed by atoms with Gasteiger partial charge in [0.05, 0.1) is 6.61 Å². The van der Waals surface area contributed by atoms with E-state index < -0.39 is 22.9 Å². The molecule has 0 radical (unpaired) electrons. The number of β-lactam (4-membered cyclic amide) rings is 1. The summed E-state index contributed by atoms with van der Waals surface area (Å²) in [7, 11) is 0. The highest BCUT2D eigenvalue weighted by molar-refractivity contribution is 8.01. The summed E-state index contributed by atoms with van der Waals surface area (Å²) in [6.45, 7) is 5.99. The van der Waals surface area contributed by atoms with Crippen molar-refractivity contribution < 1.29 is 23.9 Å². The molecule has 1 N–H and O–H groups in total. The third-order valence-corrected chi connectivity index (χ3v) is 8.14. The van der Waals surface area contributed by atoms with Gasteiger partial charge in [-0.3, -0.25) is 9.59 Å². The van der Waals surface area contributed by atoms with Gasteiger partial charge in [-0.2, -0.15) is 0 Å². The summed E-state index contributed by atoms with van der Waals surface area (Å²) in [5.41, 5.74) is 0. The molecule has 2 unspecified atom stereocenters. The first-order valence-electron chi connectivity index (χ1n) is 11.5. The van der Waals surface area contributed by atoms with Gasteiger partial charge in [0.2, 0.25) is 5.91 Å². The zero-order chi connectivity index (χ0) is 22.9. The lowest BCUT2D eigenvalue weighted by Crippen LogP contribution is -2.71. The Labute approximate surface area is 193 Å². The number of nitrogens with one attached hydrogen (secondary N) is 1. The minimum atomic E-state index is -0.741. The molecule has 1 aliphatic carbocycles. The Hall–Kier alpha value is -2.22. The van der Waals surface area contributed by atoms with Crippen LogP contribution in [0.25, 0.3) is 0 Å². The molecule has 8 heteroatoms. The molecular weight excluding hydrogens is 428 g/mol. The third kappa shape index (κ3) is 4.60. The number of nitrogens with zero attached hydrogens (tertiary/aromatic N) is 1. The Balaban J connectivity index is 1.34. The number of carbonyl (C=O) groups excluding carboxylic acids is 3. The standard InChI is InChI=1S/C24H32N2O5S/c1-15(31-17-12-8-5-9-13-17)20(27)25-18-21(28)26-19(24(2,3)32-22(18)26)23(29)30-14-16-10-6-4-7-11-16/h5,8-9,12-13,15-16,18-19,22H,4,6-7,10-11,14H2,1-3H3,(H,25,27)/t15?,18-,19?,22-/m1/s1. The molecule has 2 amide bonds. The predicted octanol–water partition coefficient (Wildman–Crippen LogP) is 3.12. The molecule has 32 heavy (non-hydrogen) atoms. The van der Waals surface area contributed by atoms with Gasteiger partial charge in [0, 0.05) is 4.75 Å². The average molecular weight is 461 g/mol. The topological polar surface area (TPSA) is 84.9 Å². The molecule has 0 bridgehead atoms. The summed E-state index contributed by atoms with van der Waals surface area (Å²) in [5.74, 6) is 0.0794. The zero-order valence-corrected chi connectivity index (χ0v) is 19.7. The molecule has 2 heterocycles. The molecule has 3 fully saturated rings. The summed E-state index contributed by atoms with van der Waals surface area (Å²) in [6.07, 6.45) is 5.08. The maximum absolute atomic E-state index is 12.9. The molecule has 0 aromatic heterocycles. The van der Waals surface area contributed by atoms with Crippen LogP contribution in [0.1, 0.15) is 52.9 Å². The molecule has 174 valence electrons. The maximum Gasteiger partial charge on any atom is 0.330 e. The van der Waals surface area contributed by atoms with Crippen molar-refractivity contribution in [3.63, 3.8) is 0 Å². The number of thioether (sulfide) groups is 1. The van der Waals surface area contributed by atoms with E-state index in [9.17, 15) is 14.4 Å². The first kappa shape index (κ1) is 23.0. The highest BCUT2D eigenvalue weighted by Gasteiger charge is 2.64. The van der Waals surface area contributed by atoms with Gasteiger partial charge in [-0.25, -0.2) is 4.79 Å². The second-order valence-corrected chi connectivity index (χ2v) is 11.2. The zero-order valence-electron chi connectivity index (χ0n) is 18.9. The fourth-order valence-corrected chi connectivity index (χ4v) is 6.41. The summed E-state index contributed by atoms with van der Waals surface area (Å²) in [4.78, 5) is 40.1. The van der Waals surface area contributed by atoms with Crippen LogP contribution in [0.4, 0.5) is 0 Å². The van der Waals surface area contributed by atoms with Crippen LogP contribution in [0.15, 0.2) is 30.3 Å². The monoisotopic (exact) mass is 460 g/mol. The quantitative estimate of drug-likeness (QED) is 0.497. The molecule has 1 aromatic carbocycles. The Morgan fingerprint density at radius 2 is 1.88 bits per heavy atom. The van der Waals surface area contributed by atoms with Gasteiger partial charge in [-0.1, -0.05) is 37.5 Å². The van der Waals surface area contributed by atoms with Crippen LogP contribution in [0.2, 0.25) is 0 Å². The lowest BCUT2D eigenvalue weighted by molar-refractivity contribution is -0.165. The van der Waals surface area contributed by atoms with E-state index in [0.717, 1.165) is 12.8 Å². The van der Waals surface area contributed by atoms with Crippen molar-refractivity contribution in [3.05, 3.63) is 30.3 Å². The molecule has 4 atom stereocenters. The lowest BCUT2D eigenvalue weighted by atomic mass is 9.90. The van der Waals surface area contributed by atoms with E-state index in [2.05, 4.69) is 5.32 Å². The van der Waals surface area contributed by atoms with Gasteiger partial charge in [0.15, 0.2) is 6.10 Å². The summed E-state index contributed by atoms with van der Waals surface area (Å²) in [6, 6.07) is 7.78. The molecule has 1 aromatic rings. The average Bonchev–Trinajstić information content (AvgIpc) is 3.04. The van der Waals surface area contributed by atoms with E-state index in [1.807, 2.05) is 32.0 Å².